The Kier molecular flexibility index (Phi) is 12.1. The molecule has 0 aliphatic carbocycles. The van der Waals surface area contributed by atoms with E-state index in [1.807, 2.05) is 0 Å². The zero-order valence-corrected chi connectivity index (χ0v) is 11.9. The second kappa shape index (κ2) is 13.5. The van der Waals surface area contributed by atoms with Crippen molar-refractivity contribution in [2.45, 2.75) is 25.7 Å². The molecule has 6 nitrogen and oxygen atoms in total. The SMILES string of the molecule is C=COCCCCNC(=O)C(=O)NCCCCOC=C. The first kappa shape index (κ1) is 18.0. The van der Waals surface area contributed by atoms with E-state index < -0.39 is 11.8 Å². The summed E-state index contributed by atoms with van der Waals surface area (Å²) >= 11 is 0. The second-order valence-corrected chi connectivity index (χ2v) is 4.00. The number of nitrogens with one attached hydrogen (secondary N) is 2. The Hall–Kier alpha value is -1.98. The number of carbonyl (C=O) groups is 2. The number of unbranched alkanes of at least 4 members (excludes halogenated alkanes) is 2. The topological polar surface area (TPSA) is 76.7 Å². The van der Waals surface area contributed by atoms with Crippen molar-refractivity contribution in [2.24, 2.45) is 0 Å². The molecule has 0 aromatic heterocycles. The third kappa shape index (κ3) is 11.1. The predicted octanol–water partition coefficient (Wildman–Crippen LogP) is 1.10. The van der Waals surface area contributed by atoms with Crippen LogP contribution in [0.2, 0.25) is 0 Å². The van der Waals surface area contributed by atoms with Gasteiger partial charge in [0, 0.05) is 13.1 Å². The summed E-state index contributed by atoms with van der Waals surface area (Å²) in [4.78, 5) is 22.8. The van der Waals surface area contributed by atoms with Gasteiger partial charge >= 0.3 is 11.8 Å². The Morgan fingerprint density at radius 2 is 1.20 bits per heavy atom. The van der Waals surface area contributed by atoms with Crippen LogP contribution in [0.5, 0.6) is 0 Å². The van der Waals surface area contributed by atoms with Gasteiger partial charge in [-0.3, -0.25) is 9.59 Å². The minimum atomic E-state index is -0.600. The van der Waals surface area contributed by atoms with Gasteiger partial charge in [0.15, 0.2) is 0 Å². The summed E-state index contributed by atoms with van der Waals surface area (Å²) in [5.41, 5.74) is 0. The Bertz CT molecular complexity index is 276. The fraction of sp³-hybridized carbons (Fsp3) is 0.571. The van der Waals surface area contributed by atoms with Crippen molar-refractivity contribution in [1.29, 1.82) is 0 Å². The molecule has 0 bridgehead atoms. The molecule has 0 rings (SSSR count). The maximum absolute atomic E-state index is 11.4. The van der Waals surface area contributed by atoms with Gasteiger partial charge in [0.1, 0.15) is 0 Å². The highest BCUT2D eigenvalue weighted by Gasteiger charge is 2.11. The molecule has 114 valence electrons. The van der Waals surface area contributed by atoms with E-state index in [1.165, 1.54) is 12.5 Å². The van der Waals surface area contributed by atoms with Crippen LogP contribution in [0.1, 0.15) is 25.7 Å². The molecule has 2 amide bonds. The fourth-order valence-corrected chi connectivity index (χ4v) is 1.35. The normalized spacial score (nSPS) is 9.40. The van der Waals surface area contributed by atoms with Crippen LogP contribution in [0.4, 0.5) is 0 Å². The molecule has 0 aliphatic heterocycles. The smallest absolute Gasteiger partial charge is 0.309 e. The number of carbonyl (C=O) groups excluding carboxylic acids is 2. The summed E-state index contributed by atoms with van der Waals surface area (Å²) in [5.74, 6) is -1.20. The third-order valence-corrected chi connectivity index (χ3v) is 2.39. The van der Waals surface area contributed by atoms with Crippen molar-refractivity contribution in [3.8, 4) is 0 Å². The monoisotopic (exact) mass is 284 g/mol. The Morgan fingerprint density at radius 1 is 0.800 bits per heavy atom. The first-order chi connectivity index (χ1) is 9.72. The van der Waals surface area contributed by atoms with Gasteiger partial charge in [-0.2, -0.15) is 0 Å². The van der Waals surface area contributed by atoms with Gasteiger partial charge in [0.05, 0.1) is 25.7 Å². The molecule has 0 aromatic carbocycles. The number of hydrogen-bond donors (Lipinski definition) is 2. The lowest BCUT2D eigenvalue weighted by atomic mass is 10.3. The molecule has 0 aliphatic rings. The van der Waals surface area contributed by atoms with Crippen LogP contribution in [0, 0.1) is 0 Å². The molecule has 0 spiro atoms. The van der Waals surface area contributed by atoms with Gasteiger partial charge in [-0.1, -0.05) is 13.2 Å². The highest BCUT2D eigenvalue weighted by molar-refractivity contribution is 6.35. The summed E-state index contributed by atoms with van der Waals surface area (Å²) < 4.78 is 9.87. The number of ether oxygens (including phenoxy) is 2. The largest absolute Gasteiger partial charge is 0.502 e. The lowest BCUT2D eigenvalue weighted by molar-refractivity contribution is -0.139. The highest BCUT2D eigenvalue weighted by atomic mass is 16.5. The van der Waals surface area contributed by atoms with E-state index in [4.69, 9.17) is 9.47 Å². The van der Waals surface area contributed by atoms with Crippen molar-refractivity contribution in [3.05, 3.63) is 25.7 Å². The summed E-state index contributed by atoms with van der Waals surface area (Å²) in [6, 6.07) is 0. The minimum Gasteiger partial charge on any atom is -0.502 e. The van der Waals surface area contributed by atoms with E-state index in [2.05, 4.69) is 23.8 Å². The van der Waals surface area contributed by atoms with Crippen molar-refractivity contribution in [2.75, 3.05) is 26.3 Å². The van der Waals surface area contributed by atoms with Crippen LogP contribution in [0.3, 0.4) is 0 Å². The van der Waals surface area contributed by atoms with E-state index >= 15 is 0 Å². The Balaban J connectivity index is 3.44. The van der Waals surface area contributed by atoms with Gasteiger partial charge in [-0.25, -0.2) is 0 Å². The second-order valence-electron chi connectivity index (χ2n) is 4.00. The van der Waals surface area contributed by atoms with Crippen LogP contribution >= 0.6 is 0 Å². The van der Waals surface area contributed by atoms with E-state index in [0.29, 0.717) is 26.3 Å². The van der Waals surface area contributed by atoms with E-state index in [-0.39, 0.29) is 0 Å². The molecule has 0 heterocycles. The van der Waals surface area contributed by atoms with E-state index in [0.717, 1.165) is 25.7 Å². The number of rotatable bonds is 12. The van der Waals surface area contributed by atoms with Gasteiger partial charge in [0.2, 0.25) is 0 Å². The zero-order chi connectivity index (χ0) is 15.1. The average Bonchev–Trinajstić information content (AvgIpc) is 2.45. The van der Waals surface area contributed by atoms with Gasteiger partial charge < -0.3 is 20.1 Å². The lowest BCUT2D eigenvalue weighted by Gasteiger charge is -2.06. The summed E-state index contributed by atoms with van der Waals surface area (Å²) in [5, 5.41) is 5.10. The van der Waals surface area contributed by atoms with Crippen LogP contribution in [-0.4, -0.2) is 38.1 Å². The lowest BCUT2D eigenvalue weighted by Crippen LogP contribution is -2.40. The molecule has 0 radical (unpaired) electrons. The molecule has 0 unspecified atom stereocenters. The molecule has 2 N–H and O–H groups in total. The van der Waals surface area contributed by atoms with E-state index in [9.17, 15) is 9.59 Å². The summed E-state index contributed by atoms with van der Waals surface area (Å²) in [7, 11) is 0. The fourth-order valence-electron chi connectivity index (χ4n) is 1.35. The summed E-state index contributed by atoms with van der Waals surface area (Å²) in [6.45, 7) is 8.90. The molecule has 0 fully saturated rings. The maximum Gasteiger partial charge on any atom is 0.309 e. The van der Waals surface area contributed by atoms with Crippen LogP contribution < -0.4 is 10.6 Å². The molecular formula is C14H24N2O4. The zero-order valence-electron chi connectivity index (χ0n) is 11.9. The predicted molar refractivity (Wildman–Crippen MR) is 76.8 cm³/mol. The maximum atomic E-state index is 11.4. The standard InChI is InChI=1S/C14H24N2O4/c1-3-19-11-7-5-9-15-13(17)14(18)16-10-6-8-12-20-4-2/h3-4H,1-2,5-12H2,(H,15,17)(H,16,18). The minimum absolute atomic E-state index is 0.458. The molecule has 0 atom stereocenters. The van der Waals surface area contributed by atoms with Gasteiger partial charge in [-0.05, 0) is 25.7 Å². The van der Waals surface area contributed by atoms with Crippen molar-refractivity contribution in [3.63, 3.8) is 0 Å². The Morgan fingerprint density at radius 3 is 1.55 bits per heavy atom. The van der Waals surface area contributed by atoms with Gasteiger partial charge in [-0.15, -0.1) is 0 Å². The van der Waals surface area contributed by atoms with Crippen molar-refractivity contribution < 1.29 is 19.1 Å². The molecule has 0 saturated heterocycles. The first-order valence-corrected chi connectivity index (χ1v) is 6.73. The average molecular weight is 284 g/mol. The van der Waals surface area contributed by atoms with Gasteiger partial charge in [0.25, 0.3) is 0 Å². The molecule has 0 saturated carbocycles. The molecular weight excluding hydrogens is 260 g/mol. The van der Waals surface area contributed by atoms with Crippen LogP contribution in [0.15, 0.2) is 25.7 Å². The molecule has 6 heteroatoms. The molecule has 0 aromatic rings. The van der Waals surface area contributed by atoms with Crippen LogP contribution in [0.25, 0.3) is 0 Å². The number of amides is 2. The number of hydrogen-bond acceptors (Lipinski definition) is 4. The highest BCUT2D eigenvalue weighted by Crippen LogP contribution is 1.90. The summed E-state index contributed by atoms with van der Waals surface area (Å²) in [6.07, 6.45) is 5.88. The first-order valence-electron chi connectivity index (χ1n) is 6.73. The Labute approximate surface area is 120 Å². The van der Waals surface area contributed by atoms with Crippen LogP contribution in [-0.2, 0) is 19.1 Å². The molecule has 20 heavy (non-hydrogen) atoms. The quantitative estimate of drug-likeness (QED) is 0.320. The third-order valence-electron chi connectivity index (χ3n) is 2.39. The van der Waals surface area contributed by atoms with Crippen molar-refractivity contribution >= 4 is 11.8 Å². The van der Waals surface area contributed by atoms with E-state index in [1.54, 1.807) is 0 Å². The van der Waals surface area contributed by atoms with Crippen molar-refractivity contribution in [1.82, 2.24) is 10.6 Å².